The molecular weight excluding hydrogens is 459 g/mol. The van der Waals surface area contributed by atoms with Gasteiger partial charge >= 0.3 is 0 Å². The fourth-order valence-electron chi connectivity index (χ4n) is 4.28. The lowest BCUT2D eigenvalue weighted by molar-refractivity contribution is 0.268. The van der Waals surface area contributed by atoms with E-state index in [1.54, 1.807) is 18.2 Å². The number of rotatable bonds is 7. The molecular formula is C28H23FN4O3. The number of allylic oxidation sites excluding steroid dienone is 1. The minimum Gasteiger partial charge on any atom is -0.490 e. The van der Waals surface area contributed by atoms with E-state index in [1.165, 1.54) is 12.1 Å². The molecule has 5 rings (SSSR count). The van der Waals surface area contributed by atoms with E-state index in [2.05, 4.69) is 16.3 Å². The summed E-state index contributed by atoms with van der Waals surface area (Å²) in [5.74, 6) is 0.465. The number of halogens is 1. The highest BCUT2D eigenvalue weighted by atomic mass is 19.1. The van der Waals surface area contributed by atoms with Gasteiger partial charge in [0.2, 0.25) is 11.8 Å². The molecule has 36 heavy (non-hydrogen) atoms. The van der Waals surface area contributed by atoms with Crippen LogP contribution in [0.15, 0.2) is 84.3 Å². The second kappa shape index (κ2) is 9.84. The third-order valence-electron chi connectivity index (χ3n) is 5.89. The van der Waals surface area contributed by atoms with Crippen molar-refractivity contribution in [2.45, 2.75) is 19.4 Å². The minimum atomic E-state index is -0.538. The first kappa shape index (κ1) is 23.0. The Morgan fingerprint density at radius 1 is 1.06 bits per heavy atom. The molecule has 1 atom stereocenters. The molecule has 0 bridgehead atoms. The number of nitriles is 1. The smallest absolute Gasteiger partial charge is 0.244 e. The van der Waals surface area contributed by atoms with Crippen molar-refractivity contribution in [1.29, 1.82) is 5.26 Å². The number of H-pyrrole nitrogens is 1. The lowest BCUT2D eigenvalue weighted by Crippen LogP contribution is -2.21. The predicted molar refractivity (Wildman–Crippen MR) is 132 cm³/mol. The molecule has 1 aromatic heterocycles. The number of benzene rings is 3. The Hall–Kier alpha value is -4.77. The van der Waals surface area contributed by atoms with Gasteiger partial charge in [0, 0.05) is 0 Å². The zero-order chi connectivity index (χ0) is 25.1. The van der Waals surface area contributed by atoms with E-state index in [1.807, 2.05) is 49.4 Å². The SMILES string of the molecule is CCOc1cc([C@@H]2C(C#N)=C(N)Oc3n[nH]c(-c4ccccc4)c32)ccc1OCc1cccc(F)c1. The van der Waals surface area contributed by atoms with E-state index < -0.39 is 5.92 Å². The number of aromatic amines is 1. The third kappa shape index (κ3) is 4.34. The average molecular weight is 483 g/mol. The van der Waals surface area contributed by atoms with Crippen molar-refractivity contribution < 1.29 is 18.6 Å². The van der Waals surface area contributed by atoms with Gasteiger partial charge in [0.25, 0.3) is 0 Å². The van der Waals surface area contributed by atoms with E-state index >= 15 is 0 Å². The molecule has 0 saturated heterocycles. The molecule has 0 amide bonds. The lowest BCUT2D eigenvalue weighted by atomic mass is 9.83. The van der Waals surface area contributed by atoms with E-state index in [-0.39, 0.29) is 23.9 Å². The number of fused-ring (bicyclic) bond motifs is 1. The maximum Gasteiger partial charge on any atom is 0.244 e. The highest BCUT2D eigenvalue weighted by molar-refractivity contribution is 5.71. The van der Waals surface area contributed by atoms with Crippen LogP contribution < -0.4 is 19.9 Å². The molecule has 0 unspecified atom stereocenters. The van der Waals surface area contributed by atoms with Gasteiger partial charge in [0.15, 0.2) is 11.5 Å². The summed E-state index contributed by atoms with van der Waals surface area (Å²) in [6.07, 6.45) is 0. The van der Waals surface area contributed by atoms with Crippen molar-refractivity contribution in [2.24, 2.45) is 5.73 Å². The Bertz CT molecular complexity index is 1470. The zero-order valence-corrected chi connectivity index (χ0v) is 19.5. The van der Waals surface area contributed by atoms with Crippen LogP contribution in [0.2, 0.25) is 0 Å². The van der Waals surface area contributed by atoms with Crippen LogP contribution in [0, 0.1) is 17.1 Å². The van der Waals surface area contributed by atoms with Crippen LogP contribution in [0.5, 0.6) is 17.4 Å². The molecule has 0 fully saturated rings. The summed E-state index contributed by atoms with van der Waals surface area (Å²) in [4.78, 5) is 0. The highest BCUT2D eigenvalue weighted by Crippen LogP contribution is 2.47. The molecule has 0 aliphatic carbocycles. The predicted octanol–water partition coefficient (Wildman–Crippen LogP) is 5.41. The number of ether oxygens (including phenoxy) is 3. The van der Waals surface area contributed by atoms with Crippen LogP contribution in [-0.2, 0) is 6.61 Å². The number of nitrogens with two attached hydrogens (primary N) is 1. The Morgan fingerprint density at radius 3 is 2.64 bits per heavy atom. The number of hydrogen-bond donors (Lipinski definition) is 2. The van der Waals surface area contributed by atoms with Gasteiger partial charge in [-0.2, -0.15) is 5.26 Å². The van der Waals surface area contributed by atoms with Crippen LogP contribution >= 0.6 is 0 Å². The number of nitrogens with zero attached hydrogens (tertiary/aromatic N) is 2. The van der Waals surface area contributed by atoms with Crippen LogP contribution in [0.1, 0.15) is 29.5 Å². The second-order valence-electron chi connectivity index (χ2n) is 8.17. The molecule has 2 heterocycles. The van der Waals surface area contributed by atoms with Gasteiger partial charge in [0.05, 0.1) is 23.8 Å². The van der Waals surface area contributed by atoms with Gasteiger partial charge in [-0.05, 0) is 47.9 Å². The van der Waals surface area contributed by atoms with Crippen LogP contribution in [0.25, 0.3) is 11.3 Å². The van der Waals surface area contributed by atoms with Gasteiger partial charge in [-0.3, -0.25) is 5.10 Å². The number of nitrogens with one attached hydrogen (secondary N) is 1. The topological polar surface area (TPSA) is 106 Å². The first-order valence-electron chi connectivity index (χ1n) is 11.4. The van der Waals surface area contributed by atoms with Crippen LogP contribution in [-0.4, -0.2) is 16.8 Å². The third-order valence-corrected chi connectivity index (χ3v) is 5.89. The van der Waals surface area contributed by atoms with Crippen molar-refractivity contribution in [2.75, 3.05) is 6.61 Å². The van der Waals surface area contributed by atoms with Crippen molar-refractivity contribution >= 4 is 0 Å². The van der Waals surface area contributed by atoms with Gasteiger partial charge < -0.3 is 19.9 Å². The fourth-order valence-corrected chi connectivity index (χ4v) is 4.28. The summed E-state index contributed by atoms with van der Waals surface area (Å²) in [6, 6.07) is 23.6. The molecule has 0 radical (unpaired) electrons. The minimum absolute atomic E-state index is 0.00509. The summed E-state index contributed by atoms with van der Waals surface area (Å²) in [5.41, 5.74) is 10.2. The highest BCUT2D eigenvalue weighted by Gasteiger charge is 2.36. The normalized spacial score (nSPS) is 14.5. The quantitative estimate of drug-likeness (QED) is 0.365. The molecule has 7 nitrogen and oxygen atoms in total. The first-order chi connectivity index (χ1) is 17.6. The van der Waals surface area contributed by atoms with E-state index in [0.717, 1.165) is 16.8 Å². The average Bonchev–Trinajstić information content (AvgIpc) is 3.31. The molecule has 4 aromatic rings. The second-order valence-corrected chi connectivity index (χ2v) is 8.17. The van der Waals surface area contributed by atoms with Gasteiger partial charge in [-0.25, -0.2) is 4.39 Å². The van der Waals surface area contributed by atoms with Crippen molar-refractivity contribution in [3.63, 3.8) is 0 Å². The molecule has 1 aliphatic rings. The van der Waals surface area contributed by atoms with Gasteiger partial charge in [0.1, 0.15) is 24.1 Å². The Morgan fingerprint density at radius 2 is 1.89 bits per heavy atom. The maximum absolute atomic E-state index is 13.6. The van der Waals surface area contributed by atoms with Crippen LogP contribution in [0.4, 0.5) is 4.39 Å². The van der Waals surface area contributed by atoms with Crippen molar-refractivity contribution in [3.8, 4) is 34.7 Å². The summed E-state index contributed by atoms with van der Waals surface area (Å²) < 4.78 is 31.1. The largest absolute Gasteiger partial charge is 0.490 e. The molecule has 3 aromatic carbocycles. The number of hydrogen-bond acceptors (Lipinski definition) is 6. The van der Waals surface area contributed by atoms with Crippen LogP contribution in [0.3, 0.4) is 0 Å². The Kier molecular flexibility index (Phi) is 6.29. The molecule has 0 saturated carbocycles. The van der Waals surface area contributed by atoms with Gasteiger partial charge in [-0.15, -0.1) is 5.10 Å². The maximum atomic E-state index is 13.6. The Balaban J connectivity index is 1.56. The summed E-state index contributed by atoms with van der Waals surface area (Å²) in [7, 11) is 0. The monoisotopic (exact) mass is 482 g/mol. The lowest BCUT2D eigenvalue weighted by Gasteiger charge is -2.25. The molecule has 8 heteroatoms. The zero-order valence-electron chi connectivity index (χ0n) is 19.5. The fraction of sp³-hybridized carbons (Fsp3) is 0.143. The first-order valence-corrected chi connectivity index (χ1v) is 11.4. The summed E-state index contributed by atoms with van der Waals surface area (Å²) in [6.45, 7) is 2.45. The van der Waals surface area contributed by atoms with E-state index in [0.29, 0.717) is 35.1 Å². The molecule has 180 valence electrons. The van der Waals surface area contributed by atoms with E-state index in [4.69, 9.17) is 19.9 Å². The van der Waals surface area contributed by atoms with E-state index in [9.17, 15) is 9.65 Å². The molecule has 1 aliphatic heterocycles. The number of aromatic nitrogens is 2. The van der Waals surface area contributed by atoms with Crippen molar-refractivity contribution in [1.82, 2.24) is 10.2 Å². The Labute approximate surface area is 207 Å². The molecule has 3 N–H and O–H groups in total. The summed E-state index contributed by atoms with van der Waals surface area (Å²) >= 11 is 0. The van der Waals surface area contributed by atoms with Crippen molar-refractivity contribution in [3.05, 3.63) is 107 Å². The summed E-state index contributed by atoms with van der Waals surface area (Å²) in [5, 5.41) is 17.3. The standard InChI is InChI=1S/C28H23FN4O3/c1-2-34-23-14-19(11-12-22(23)35-16-17-7-6-10-20(29)13-17)24-21(15-30)27(31)36-28-25(24)26(32-33-28)18-8-4-3-5-9-18/h3-14,24H,2,16,31H2,1H3,(H,32,33)/t24-/m1/s1. The molecule has 0 spiro atoms. The van der Waals surface area contributed by atoms with Gasteiger partial charge in [-0.1, -0.05) is 48.5 Å².